The van der Waals surface area contributed by atoms with Crippen LogP contribution in [-0.2, 0) is 9.53 Å². The Morgan fingerprint density at radius 1 is 1.58 bits per heavy atom. The van der Waals surface area contributed by atoms with Crippen LogP contribution in [0.4, 0.5) is 0 Å². The molecular weight excluding hydrogens is 154 g/mol. The maximum absolute atomic E-state index is 11.0. The normalized spacial score (nSPS) is 9.50. The Kier molecular flexibility index (Phi) is 6.38. The number of esters is 1. The zero-order valence-electron chi connectivity index (χ0n) is 7.64. The Balaban J connectivity index is 3.50. The SMILES string of the molecule is C=C(CCC)C(=O)OCCCN. The summed E-state index contributed by atoms with van der Waals surface area (Å²) in [4.78, 5) is 11.0. The Morgan fingerprint density at radius 3 is 2.75 bits per heavy atom. The lowest BCUT2D eigenvalue weighted by molar-refractivity contribution is -0.139. The molecule has 0 aromatic carbocycles. The quantitative estimate of drug-likeness (QED) is 0.371. The van der Waals surface area contributed by atoms with E-state index in [1.165, 1.54) is 0 Å². The van der Waals surface area contributed by atoms with Crippen molar-refractivity contribution in [3.8, 4) is 0 Å². The second kappa shape index (κ2) is 6.85. The first kappa shape index (κ1) is 11.2. The summed E-state index contributed by atoms with van der Waals surface area (Å²) < 4.78 is 4.88. The van der Waals surface area contributed by atoms with Crippen molar-refractivity contribution in [3.05, 3.63) is 12.2 Å². The van der Waals surface area contributed by atoms with E-state index in [0.717, 1.165) is 6.42 Å². The molecule has 0 fully saturated rings. The van der Waals surface area contributed by atoms with E-state index in [1.807, 2.05) is 6.92 Å². The van der Waals surface area contributed by atoms with Crippen LogP contribution in [0, 0.1) is 0 Å². The van der Waals surface area contributed by atoms with Gasteiger partial charge >= 0.3 is 5.97 Å². The molecule has 0 aromatic heterocycles. The number of carbonyl (C=O) groups excluding carboxylic acids is 1. The molecule has 0 atom stereocenters. The summed E-state index contributed by atoms with van der Waals surface area (Å²) in [7, 11) is 0. The molecular formula is C9H17NO2. The third-order valence-corrected chi connectivity index (χ3v) is 1.42. The Hall–Kier alpha value is -0.830. The summed E-state index contributed by atoms with van der Waals surface area (Å²) in [5, 5.41) is 0. The van der Waals surface area contributed by atoms with Crippen molar-refractivity contribution in [2.45, 2.75) is 26.2 Å². The summed E-state index contributed by atoms with van der Waals surface area (Å²) in [5.41, 5.74) is 5.79. The number of carbonyl (C=O) groups is 1. The maximum Gasteiger partial charge on any atom is 0.333 e. The molecule has 12 heavy (non-hydrogen) atoms. The van der Waals surface area contributed by atoms with Crippen LogP contribution >= 0.6 is 0 Å². The molecule has 0 spiro atoms. The molecule has 0 aliphatic heterocycles. The third-order valence-electron chi connectivity index (χ3n) is 1.42. The molecule has 0 unspecified atom stereocenters. The molecule has 3 nitrogen and oxygen atoms in total. The van der Waals surface area contributed by atoms with Crippen molar-refractivity contribution in [2.75, 3.05) is 13.2 Å². The van der Waals surface area contributed by atoms with Crippen molar-refractivity contribution in [1.29, 1.82) is 0 Å². The standard InChI is InChI=1S/C9H17NO2/c1-3-5-8(2)9(11)12-7-4-6-10/h2-7,10H2,1H3. The van der Waals surface area contributed by atoms with Gasteiger partial charge in [-0.05, 0) is 19.4 Å². The average molecular weight is 171 g/mol. The van der Waals surface area contributed by atoms with Gasteiger partial charge in [0.15, 0.2) is 0 Å². The molecule has 0 radical (unpaired) electrons. The van der Waals surface area contributed by atoms with Gasteiger partial charge in [-0.15, -0.1) is 0 Å². The van der Waals surface area contributed by atoms with Crippen LogP contribution in [0.2, 0.25) is 0 Å². The van der Waals surface area contributed by atoms with Gasteiger partial charge in [-0.1, -0.05) is 19.9 Å². The van der Waals surface area contributed by atoms with E-state index < -0.39 is 0 Å². The van der Waals surface area contributed by atoms with Gasteiger partial charge in [0.25, 0.3) is 0 Å². The average Bonchev–Trinajstić information content (AvgIpc) is 2.05. The molecule has 0 aliphatic carbocycles. The number of hydrogen-bond donors (Lipinski definition) is 1. The highest BCUT2D eigenvalue weighted by Gasteiger charge is 2.05. The van der Waals surface area contributed by atoms with Crippen LogP contribution in [0.5, 0.6) is 0 Å². The first-order valence-electron chi connectivity index (χ1n) is 4.27. The Bertz CT molecular complexity index is 155. The minimum atomic E-state index is -0.287. The third kappa shape index (κ3) is 4.91. The van der Waals surface area contributed by atoms with Crippen LogP contribution in [-0.4, -0.2) is 19.1 Å². The van der Waals surface area contributed by atoms with Crippen LogP contribution in [0.3, 0.4) is 0 Å². The smallest absolute Gasteiger partial charge is 0.333 e. The van der Waals surface area contributed by atoms with E-state index in [-0.39, 0.29) is 5.97 Å². The second-order valence-electron chi connectivity index (χ2n) is 2.63. The molecule has 0 rings (SSSR count). The number of hydrogen-bond acceptors (Lipinski definition) is 3. The lowest BCUT2D eigenvalue weighted by Crippen LogP contribution is -2.11. The Morgan fingerprint density at radius 2 is 2.25 bits per heavy atom. The fourth-order valence-corrected chi connectivity index (χ4v) is 0.754. The van der Waals surface area contributed by atoms with E-state index in [0.29, 0.717) is 31.6 Å². The van der Waals surface area contributed by atoms with Gasteiger partial charge in [-0.25, -0.2) is 4.79 Å². The number of nitrogens with two attached hydrogens (primary N) is 1. The zero-order valence-corrected chi connectivity index (χ0v) is 7.64. The first-order valence-corrected chi connectivity index (χ1v) is 4.27. The van der Waals surface area contributed by atoms with E-state index in [1.54, 1.807) is 0 Å². The summed E-state index contributed by atoms with van der Waals surface area (Å²) in [6, 6.07) is 0. The highest BCUT2D eigenvalue weighted by molar-refractivity contribution is 5.87. The van der Waals surface area contributed by atoms with Gasteiger partial charge < -0.3 is 10.5 Å². The van der Waals surface area contributed by atoms with Gasteiger partial charge in [0.2, 0.25) is 0 Å². The summed E-state index contributed by atoms with van der Waals surface area (Å²) in [6.07, 6.45) is 2.34. The van der Waals surface area contributed by atoms with Gasteiger partial charge in [0.1, 0.15) is 0 Å². The van der Waals surface area contributed by atoms with Crippen LogP contribution in [0.15, 0.2) is 12.2 Å². The van der Waals surface area contributed by atoms with Crippen LogP contribution in [0.25, 0.3) is 0 Å². The lowest BCUT2D eigenvalue weighted by atomic mass is 10.2. The van der Waals surface area contributed by atoms with E-state index in [9.17, 15) is 4.79 Å². The molecule has 0 amide bonds. The Labute approximate surface area is 73.6 Å². The summed E-state index contributed by atoms with van der Waals surface area (Å²) in [6.45, 7) is 6.57. The van der Waals surface area contributed by atoms with Crippen molar-refractivity contribution < 1.29 is 9.53 Å². The fourth-order valence-electron chi connectivity index (χ4n) is 0.754. The van der Waals surface area contributed by atoms with Gasteiger partial charge in [-0.3, -0.25) is 0 Å². The van der Waals surface area contributed by atoms with Crippen molar-refractivity contribution in [1.82, 2.24) is 0 Å². The molecule has 0 saturated heterocycles. The topological polar surface area (TPSA) is 52.3 Å². The largest absolute Gasteiger partial charge is 0.462 e. The first-order chi connectivity index (χ1) is 5.72. The monoisotopic (exact) mass is 171 g/mol. The van der Waals surface area contributed by atoms with Gasteiger partial charge in [0.05, 0.1) is 6.61 Å². The van der Waals surface area contributed by atoms with Crippen molar-refractivity contribution in [3.63, 3.8) is 0 Å². The molecule has 0 saturated carbocycles. The molecule has 2 N–H and O–H groups in total. The second-order valence-corrected chi connectivity index (χ2v) is 2.63. The fraction of sp³-hybridized carbons (Fsp3) is 0.667. The van der Waals surface area contributed by atoms with Crippen LogP contribution < -0.4 is 5.73 Å². The minimum absolute atomic E-state index is 0.287. The highest BCUT2D eigenvalue weighted by atomic mass is 16.5. The molecule has 70 valence electrons. The van der Waals surface area contributed by atoms with Gasteiger partial charge in [0, 0.05) is 5.57 Å². The minimum Gasteiger partial charge on any atom is -0.462 e. The number of rotatable bonds is 6. The molecule has 0 aromatic rings. The predicted octanol–water partition coefficient (Wildman–Crippen LogP) is 1.23. The zero-order chi connectivity index (χ0) is 9.40. The van der Waals surface area contributed by atoms with Gasteiger partial charge in [-0.2, -0.15) is 0 Å². The molecule has 0 aliphatic rings. The molecule has 0 bridgehead atoms. The summed E-state index contributed by atoms with van der Waals surface area (Å²) >= 11 is 0. The lowest BCUT2D eigenvalue weighted by Gasteiger charge is -2.04. The molecule has 0 heterocycles. The van der Waals surface area contributed by atoms with Crippen molar-refractivity contribution >= 4 is 5.97 Å². The van der Waals surface area contributed by atoms with E-state index >= 15 is 0 Å². The van der Waals surface area contributed by atoms with E-state index in [2.05, 4.69) is 6.58 Å². The maximum atomic E-state index is 11.0. The summed E-state index contributed by atoms with van der Waals surface area (Å²) in [5.74, 6) is -0.287. The molecule has 3 heteroatoms. The predicted molar refractivity (Wildman–Crippen MR) is 48.7 cm³/mol. The van der Waals surface area contributed by atoms with Crippen molar-refractivity contribution in [2.24, 2.45) is 5.73 Å². The van der Waals surface area contributed by atoms with Crippen LogP contribution in [0.1, 0.15) is 26.2 Å². The highest BCUT2D eigenvalue weighted by Crippen LogP contribution is 2.03. The number of ether oxygens (including phenoxy) is 1. The van der Waals surface area contributed by atoms with E-state index in [4.69, 9.17) is 10.5 Å².